The summed E-state index contributed by atoms with van der Waals surface area (Å²) in [6, 6.07) is 12.6. The highest BCUT2D eigenvalue weighted by atomic mass is 32.2. The lowest BCUT2D eigenvalue weighted by Gasteiger charge is -2.52. The van der Waals surface area contributed by atoms with E-state index < -0.39 is 0 Å². The fraction of sp³-hybridized carbons (Fsp3) is 0.686. The maximum atomic E-state index is 9.93. The summed E-state index contributed by atoms with van der Waals surface area (Å²) in [5.41, 5.74) is 9.83. The molecule has 0 aliphatic heterocycles. The van der Waals surface area contributed by atoms with Crippen LogP contribution in [-0.4, -0.2) is 82.6 Å². The van der Waals surface area contributed by atoms with Gasteiger partial charge in [-0.15, -0.1) is 9.32 Å². The van der Waals surface area contributed by atoms with Gasteiger partial charge < -0.3 is 28.6 Å². The molecule has 0 spiro atoms. The van der Waals surface area contributed by atoms with Crippen molar-refractivity contribution < 1.29 is 28.1 Å². The maximum absolute atomic E-state index is 9.93. The van der Waals surface area contributed by atoms with E-state index in [4.69, 9.17) is 19.6 Å². The molecule has 0 saturated heterocycles. The number of phenols is 1. The van der Waals surface area contributed by atoms with Crippen molar-refractivity contribution in [2.24, 2.45) is 52.2 Å². The van der Waals surface area contributed by atoms with E-state index in [-0.39, 0.29) is 7.43 Å². The molecule has 2 aromatic rings. The molecular formula is C51H79N3O6S. The van der Waals surface area contributed by atoms with Gasteiger partial charge in [-0.25, -0.2) is 0 Å². The molecule has 8 unspecified atom stereocenters. The van der Waals surface area contributed by atoms with Crippen LogP contribution < -0.4 is 10.1 Å². The molecule has 10 heteroatoms. The smallest absolute Gasteiger partial charge is 0.260 e. The second-order valence-electron chi connectivity index (χ2n) is 20.2. The Labute approximate surface area is 373 Å². The summed E-state index contributed by atoms with van der Waals surface area (Å²) < 4.78 is 21.9. The molecule has 3 N–H and O–H groups in total. The number of rotatable bonds is 14. The normalized spacial score (nSPS) is 33.5. The minimum Gasteiger partial charge on any atom is -0.508 e. The molecule has 0 aromatic heterocycles. The predicted molar refractivity (Wildman–Crippen MR) is 249 cm³/mol. The lowest BCUT2D eigenvalue weighted by Crippen LogP contribution is -2.43. The van der Waals surface area contributed by atoms with Gasteiger partial charge in [0.2, 0.25) is 0 Å². The minimum absolute atomic E-state index is 0. The van der Waals surface area contributed by atoms with Crippen LogP contribution in [0, 0.1) is 46.3 Å². The Morgan fingerprint density at radius 2 is 1.23 bits per heavy atom. The monoisotopic (exact) mass is 862 g/mol. The molecule has 61 heavy (non-hydrogen) atoms. The second-order valence-corrected chi connectivity index (χ2v) is 20.6. The summed E-state index contributed by atoms with van der Waals surface area (Å²) in [6.45, 7) is 15.0. The largest absolute Gasteiger partial charge is 0.508 e. The molecule has 0 heterocycles. The van der Waals surface area contributed by atoms with Gasteiger partial charge in [-0.2, -0.15) is 5.90 Å². The summed E-state index contributed by atoms with van der Waals surface area (Å²) >= 11 is 0.737. The number of hydrogen-bond acceptors (Lipinski definition) is 10. The number of nitrogens with zero attached hydrogens (tertiary/aromatic N) is 2. The van der Waals surface area contributed by atoms with Crippen LogP contribution in [0.1, 0.15) is 121 Å². The zero-order valence-corrected chi connectivity index (χ0v) is 38.7. The average Bonchev–Trinajstić information content (AvgIpc) is 3.72. The maximum Gasteiger partial charge on any atom is 0.260 e. The SMILES string of the molecule is C.C[C@@H]1Cc2cc(O)ccc2C2CCC3(C)/C(=C/COCCN(C)C)CCC3C21.C[C@@H]1Cc2cc(OSOON)ccc2C2CCC3(C)/C(=C/COCCN(C)C)CCC3C21. The highest BCUT2D eigenvalue weighted by molar-refractivity contribution is 7.90. The van der Waals surface area contributed by atoms with Crippen molar-refractivity contribution in [3.8, 4) is 11.5 Å². The minimum atomic E-state index is 0. The molecule has 6 aliphatic carbocycles. The molecule has 9 nitrogen and oxygen atoms in total. The number of benzene rings is 2. The average molecular weight is 862 g/mol. The molecule has 2 aromatic carbocycles. The zero-order valence-electron chi connectivity index (χ0n) is 37.9. The van der Waals surface area contributed by atoms with Gasteiger partial charge >= 0.3 is 0 Å². The molecule has 4 saturated carbocycles. The second kappa shape index (κ2) is 21.1. The van der Waals surface area contributed by atoms with E-state index in [1.807, 2.05) is 18.2 Å². The van der Waals surface area contributed by atoms with E-state index in [9.17, 15) is 5.11 Å². The van der Waals surface area contributed by atoms with E-state index in [2.05, 4.69) is 105 Å². The molecule has 4 fully saturated rings. The van der Waals surface area contributed by atoms with E-state index in [1.165, 1.54) is 73.6 Å². The third-order valence-corrected chi connectivity index (χ3v) is 16.7. The first kappa shape index (κ1) is 48.1. The lowest BCUT2D eigenvalue weighted by molar-refractivity contribution is -0.199. The molecule has 10 atom stereocenters. The van der Waals surface area contributed by atoms with Crippen molar-refractivity contribution >= 4 is 12.3 Å². The van der Waals surface area contributed by atoms with Crippen molar-refractivity contribution in [3.05, 3.63) is 82.0 Å². The lowest BCUT2D eigenvalue weighted by atomic mass is 9.52. The van der Waals surface area contributed by atoms with Crippen LogP contribution in [-0.2, 0) is 31.6 Å². The summed E-state index contributed by atoms with van der Waals surface area (Å²) in [5, 5.41) is 9.93. The van der Waals surface area contributed by atoms with Crippen LogP contribution in [0.25, 0.3) is 0 Å². The summed E-state index contributed by atoms with van der Waals surface area (Å²) in [5.74, 6) is 11.8. The van der Waals surface area contributed by atoms with Crippen LogP contribution in [0.4, 0.5) is 0 Å². The van der Waals surface area contributed by atoms with Crippen LogP contribution in [0.5, 0.6) is 11.5 Å². The van der Waals surface area contributed by atoms with Gasteiger partial charge in [0.25, 0.3) is 12.3 Å². The molecule has 0 amide bonds. The van der Waals surface area contributed by atoms with Crippen LogP contribution in [0.15, 0.2) is 59.7 Å². The quantitative estimate of drug-likeness (QED) is 0.0628. The molecule has 0 bridgehead atoms. The fourth-order valence-corrected chi connectivity index (χ4v) is 13.6. The van der Waals surface area contributed by atoms with Gasteiger partial charge in [0.15, 0.2) is 0 Å². The Balaban J connectivity index is 0.000000202. The van der Waals surface area contributed by atoms with E-state index in [1.54, 1.807) is 11.1 Å². The van der Waals surface area contributed by atoms with Crippen LogP contribution >= 0.6 is 12.3 Å². The number of hydrogen-bond donors (Lipinski definition) is 2. The van der Waals surface area contributed by atoms with Crippen LogP contribution in [0.2, 0.25) is 0 Å². The number of aromatic hydroxyl groups is 1. The Kier molecular flexibility index (Phi) is 16.6. The highest BCUT2D eigenvalue weighted by Gasteiger charge is 2.55. The number of phenolic OH excluding ortho intramolecular Hbond substituents is 1. The van der Waals surface area contributed by atoms with Crippen molar-refractivity contribution in [1.82, 2.24) is 9.80 Å². The first-order valence-corrected chi connectivity index (χ1v) is 23.7. The molecule has 340 valence electrons. The van der Waals surface area contributed by atoms with E-state index >= 15 is 0 Å². The van der Waals surface area contributed by atoms with Crippen molar-refractivity contribution in [3.63, 3.8) is 0 Å². The third kappa shape index (κ3) is 10.4. The summed E-state index contributed by atoms with van der Waals surface area (Å²) in [6.07, 6.45) is 17.3. The van der Waals surface area contributed by atoms with Gasteiger partial charge in [0.05, 0.1) is 26.4 Å². The number of likely N-dealkylation sites (N-methyl/N-ethyl adjacent to an activating group) is 2. The van der Waals surface area contributed by atoms with Gasteiger partial charge in [0.1, 0.15) is 11.5 Å². The molecule has 6 aliphatic rings. The summed E-state index contributed by atoms with van der Waals surface area (Å²) in [4.78, 5) is 8.43. The Morgan fingerprint density at radius 1 is 0.738 bits per heavy atom. The molecule has 0 radical (unpaired) electrons. The number of nitrogens with two attached hydrogens (primary N) is 1. The Morgan fingerprint density at radius 3 is 1.72 bits per heavy atom. The van der Waals surface area contributed by atoms with Gasteiger partial charge in [-0.1, -0.05) is 70.6 Å². The first-order chi connectivity index (χ1) is 28.8. The standard InChI is InChI=1S/C25H38N2O4S.C25H37NO2.CH4/c1-17-15-18-16-20(29-32-31-30-26)6-7-21(18)22-9-11-25(2)19(5-8-23(25)24(17)22)10-13-28-14-12-27(3)4;1-17-15-18-16-20(27)6-7-21(18)22-9-11-25(2)19(5-8-23(25)24(17)22)10-13-28-14-12-26(3)4;/h6-7,10,16-17,22-24H,5,8-9,11-15,26H2,1-4H3;6-7,10,16-17,22-24,27H,5,8-9,11-15H2,1-4H3;1H4/b2*19-10+;/t2*17-,22?,23?,24?,25?;/m11./s1. The van der Waals surface area contributed by atoms with E-state index in [0.717, 1.165) is 94.1 Å². The van der Waals surface area contributed by atoms with Crippen LogP contribution in [0.3, 0.4) is 0 Å². The number of allylic oxidation sites excluding steroid dienone is 2. The highest BCUT2D eigenvalue weighted by Crippen LogP contribution is 2.65. The third-order valence-electron chi connectivity index (χ3n) is 16.3. The predicted octanol–water partition coefficient (Wildman–Crippen LogP) is 10.7. The molecule has 8 rings (SSSR count). The van der Waals surface area contributed by atoms with Crippen molar-refractivity contribution in [2.75, 3.05) is 67.7 Å². The van der Waals surface area contributed by atoms with Crippen molar-refractivity contribution in [1.29, 1.82) is 0 Å². The Bertz CT molecular complexity index is 1820. The zero-order chi connectivity index (χ0) is 42.6. The summed E-state index contributed by atoms with van der Waals surface area (Å²) in [7, 11) is 8.36. The number of fused-ring (bicyclic) bond motifs is 10. The fourth-order valence-electron chi connectivity index (χ4n) is 13.4. The molecular weight excluding hydrogens is 783 g/mol. The van der Waals surface area contributed by atoms with Gasteiger partial charge in [-0.05, 0) is 197 Å². The topological polar surface area (TPSA) is 98.9 Å². The van der Waals surface area contributed by atoms with Gasteiger partial charge in [-0.3, -0.25) is 0 Å². The number of ether oxygens (including phenoxy) is 2. The Hall–Kier alpha value is -2.41. The van der Waals surface area contributed by atoms with E-state index in [0.29, 0.717) is 40.3 Å². The van der Waals surface area contributed by atoms with Crippen molar-refractivity contribution in [2.45, 2.75) is 111 Å². The first-order valence-electron chi connectivity index (χ1n) is 23.0. The van der Waals surface area contributed by atoms with Gasteiger partial charge in [0, 0.05) is 13.1 Å².